The van der Waals surface area contributed by atoms with Crippen LogP contribution in [0.4, 0.5) is 4.39 Å². The van der Waals surface area contributed by atoms with Crippen LogP contribution in [0.3, 0.4) is 0 Å². The summed E-state index contributed by atoms with van der Waals surface area (Å²) in [7, 11) is 0. The Labute approximate surface area is 101 Å². The van der Waals surface area contributed by atoms with Crippen LogP contribution in [0.15, 0.2) is 18.3 Å². The van der Waals surface area contributed by atoms with Gasteiger partial charge in [-0.15, -0.1) is 0 Å². The van der Waals surface area contributed by atoms with E-state index < -0.39 is 5.95 Å². The zero-order valence-electron chi connectivity index (χ0n) is 10.3. The average Bonchev–Trinajstić information content (AvgIpc) is 2.23. The molecule has 0 aliphatic heterocycles. The topological polar surface area (TPSA) is 34.1 Å². The van der Waals surface area contributed by atoms with Crippen LogP contribution in [0.25, 0.3) is 0 Å². The highest BCUT2D eigenvalue weighted by molar-refractivity contribution is 5.09. The maximum absolute atomic E-state index is 13.2. The monoisotopic (exact) mass is 238 g/mol. The number of halogens is 1. The van der Waals surface area contributed by atoms with Crippen LogP contribution in [-0.4, -0.2) is 23.2 Å². The van der Waals surface area contributed by atoms with Crippen LogP contribution >= 0.6 is 0 Å². The van der Waals surface area contributed by atoms with E-state index in [-0.39, 0.29) is 6.10 Å². The summed E-state index contributed by atoms with van der Waals surface area (Å²) in [6.07, 6.45) is 3.73. The van der Waals surface area contributed by atoms with Crippen molar-refractivity contribution in [2.45, 2.75) is 51.5 Å². The molecule has 1 aromatic heterocycles. The Morgan fingerprint density at radius 1 is 1.53 bits per heavy atom. The first-order chi connectivity index (χ1) is 8.15. The smallest absolute Gasteiger partial charge is 0.218 e. The molecule has 94 valence electrons. The lowest BCUT2D eigenvalue weighted by Gasteiger charge is -2.37. The minimum Gasteiger partial charge on any atom is -0.373 e. The van der Waals surface area contributed by atoms with Crippen molar-refractivity contribution in [3.63, 3.8) is 0 Å². The third kappa shape index (κ3) is 3.48. The van der Waals surface area contributed by atoms with Gasteiger partial charge in [-0.25, -0.2) is 4.98 Å². The zero-order valence-corrected chi connectivity index (χ0v) is 10.3. The summed E-state index contributed by atoms with van der Waals surface area (Å²) < 4.78 is 18.8. The molecule has 1 saturated carbocycles. The van der Waals surface area contributed by atoms with Crippen LogP contribution in [0.2, 0.25) is 0 Å². The molecule has 1 aliphatic rings. The van der Waals surface area contributed by atoms with Gasteiger partial charge in [0.15, 0.2) is 0 Å². The van der Waals surface area contributed by atoms with Gasteiger partial charge < -0.3 is 10.1 Å². The molecule has 0 spiro atoms. The summed E-state index contributed by atoms with van der Waals surface area (Å²) in [6.45, 7) is 4.59. The molecule has 0 aromatic carbocycles. The van der Waals surface area contributed by atoms with E-state index in [0.29, 0.717) is 24.3 Å². The zero-order chi connectivity index (χ0) is 12.3. The highest BCUT2D eigenvalue weighted by Gasteiger charge is 2.30. The fourth-order valence-corrected chi connectivity index (χ4v) is 2.04. The number of nitrogens with zero attached hydrogens (tertiary/aromatic N) is 1. The van der Waals surface area contributed by atoms with E-state index in [1.54, 1.807) is 12.1 Å². The predicted molar refractivity (Wildman–Crippen MR) is 64.1 cm³/mol. The molecular formula is C13H19FN2O. The van der Waals surface area contributed by atoms with E-state index >= 15 is 0 Å². The standard InChI is InChI=1S/C13H19FN2O/c1-9(2)16-11-6-12(7-11)17-8-10-4-3-5-15-13(10)14/h3-5,9,11-12,16H,6-8H2,1-2H3. The predicted octanol–water partition coefficient (Wildman–Crippen LogP) is 2.27. The molecule has 4 heteroatoms. The number of rotatable bonds is 5. The van der Waals surface area contributed by atoms with Crippen LogP contribution in [0, 0.1) is 5.95 Å². The largest absolute Gasteiger partial charge is 0.373 e. The second kappa shape index (κ2) is 5.56. The fraction of sp³-hybridized carbons (Fsp3) is 0.615. The summed E-state index contributed by atoms with van der Waals surface area (Å²) in [5, 5.41) is 3.45. The first kappa shape index (κ1) is 12.5. The summed E-state index contributed by atoms with van der Waals surface area (Å²) in [4.78, 5) is 3.60. The van der Waals surface area contributed by atoms with Crippen LogP contribution in [-0.2, 0) is 11.3 Å². The first-order valence-corrected chi connectivity index (χ1v) is 6.12. The molecule has 0 radical (unpaired) electrons. The molecular weight excluding hydrogens is 219 g/mol. The lowest BCUT2D eigenvalue weighted by atomic mass is 9.88. The Morgan fingerprint density at radius 2 is 2.29 bits per heavy atom. The highest BCUT2D eigenvalue weighted by atomic mass is 19.1. The molecule has 1 fully saturated rings. The van der Waals surface area contributed by atoms with Gasteiger partial charge in [0.2, 0.25) is 5.95 Å². The van der Waals surface area contributed by atoms with Crippen LogP contribution in [0.1, 0.15) is 32.3 Å². The number of hydrogen-bond donors (Lipinski definition) is 1. The maximum atomic E-state index is 13.2. The molecule has 0 saturated heterocycles. The highest BCUT2D eigenvalue weighted by Crippen LogP contribution is 2.25. The van der Waals surface area contributed by atoms with E-state index in [2.05, 4.69) is 24.1 Å². The number of nitrogens with one attached hydrogen (secondary N) is 1. The molecule has 17 heavy (non-hydrogen) atoms. The fourth-order valence-electron chi connectivity index (χ4n) is 2.04. The van der Waals surface area contributed by atoms with Crippen molar-refractivity contribution in [2.24, 2.45) is 0 Å². The van der Waals surface area contributed by atoms with E-state index in [1.807, 2.05) is 0 Å². The normalized spacial score (nSPS) is 23.8. The molecule has 2 rings (SSSR count). The van der Waals surface area contributed by atoms with Gasteiger partial charge in [-0.2, -0.15) is 4.39 Å². The van der Waals surface area contributed by atoms with Crippen molar-refractivity contribution in [3.05, 3.63) is 29.8 Å². The van der Waals surface area contributed by atoms with Gasteiger partial charge in [0.1, 0.15) is 0 Å². The van der Waals surface area contributed by atoms with Gasteiger partial charge in [0.05, 0.1) is 12.7 Å². The summed E-state index contributed by atoms with van der Waals surface area (Å²) in [5.74, 6) is -0.427. The molecule has 1 heterocycles. The van der Waals surface area contributed by atoms with Gasteiger partial charge in [-0.3, -0.25) is 0 Å². The van der Waals surface area contributed by atoms with Crippen molar-refractivity contribution in [2.75, 3.05) is 0 Å². The Bertz CT molecular complexity index is 364. The van der Waals surface area contributed by atoms with Crippen molar-refractivity contribution in [3.8, 4) is 0 Å². The van der Waals surface area contributed by atoms with E-state index in [1.165, 1.54) is 6.20 Å². The van der Waals surface area contributed by atoms with Crippen LogP contribution < -0.4 is 5.32 Å². The van der Waals surface area contributed by atoms with Crippen molar-refractivity contribution < 1.29 is 9.13 Å². The molecule has 0 unspecified atom stereocenters. The Hall–Kier alpha value is -1.00. The van der Waals surface area contributed by atoms with E-state index in [9.17, 15) is 4.39 Å². The molecule has 0 bridgehead atoms. The Kier molecular flexibility index (Phi) is 4.07. The Balaban J connectivity index is 1.70. The average molecular weight is 238 g/mol. The second-order valence-electron chi connectivity index (χ2n) is 4.88. The van der Waals surface area contributed by atoms with Crippen molar-refractivity contribution in [1.29, 1.82) is 0 Å². The third-order valence-electron chi connectivity index (χ3n) is 2.97. The summed E-state index contributed by atoms with van der Waals surface area (Å²) >= 11 is 0. The van der Waals surface area contributed by atoms with Gasteiger partial charge >= 0.3 is 0 Å². The SMILES string of the molecule is CC(C)NC1CC(OCc2cccnc2F)C1. The number of aromatic nitrogens is 1. The summed E-state index contributed by atoms with van der Waals surface area (Å²) in [6, 6.07) is 4.51. The molecule has 0 atom stereocenters. The van der Waals surface area contributed by atoms with Gasteiger partial charge in [0, 0.05) is 23.8 Å². The van der Waals surface area contributed by atoms with Gasteiger partial charge in [-0.05, 0) is 18.9 Å². The van der Waals surface area contributed by atoms with Crippen LogP contribution in [0.5, 0.6) is 0 Å². The third-order valence-corrected chi connectivity index (χ3v) is 2.97. The number of pyridine rings is 1. The minimum atomic E-state index is -0.427. The van der Waals surface area contributed by atoms with E-state index in [4.69, 9.17) is 4.74 Å². The molecule has 1 aliphatic carbocycles. The second-order valence-corrected chi connectivity index (χ2v) is 4.88. The van der Waals surface area contributed by atoms with Gasteiger partial charge in [0.25, 0.3) is 0 Å². The maximum Gasteiger partial charge on any atom is 0.218 e. The molecule has 1 aromatic rings. The van der Waals surface area contributed by atoms with E-state index in [0.717, 1.165) is 12.8 Å². The number of ether oxygens (including phenoxy) is 1. The van der Waals surface area contributed by atoms with Crippen molar-refractivity contribution in [1.82, 2.24) is 10.3 Å². The lowest BCUT2D eigenvalue weighted by molar-refractivity contribution is -0.0291. The van der Waals surface area contributed by atoms with Crippen molar-refractivity contribution >= 4 is 0 Å². The lowest BCUT2D eigenvalue weighted by Crippen LogP contribution is -2.47. The Morgan fingerprint density at radius 3 is 2.94 bits per heavy atom. The first-order valence-electron chi connectivity index (χ1n) is 6.12. The number of hydrogen-bond acceptors (Lipinski definition) is 3. The molecule has 1 N–H and O–H groups in total. The quantitative estimate of drug-likeness (QED) is 0.799. The van der Waals surface area contributed by atoms with Gasteiger partial charge in [-0.1, -0.05) is 19.9 Å². The minimum absolute atomic E-state index is 0.255. The molecule has 3 nitrogen and oxygen atoms in total. The molecule has 0 amide bonds. The summed E-state index contributed by atoms with van der Waals surface area (Å²) in [5.41, 5.74) is 0.535.